The highest BCUT2D eigenvalue weighted by molar-refractivity contribution is 5.51. The van der Waals surface area contributed by atoms with E-state index in [2.05, 4.69) is 29.1 Å². The maximum atomic E-state index is 12.3. The molecule has 1 N–H and O–H groups in total. The lowest BCUT2D eigenvalue weighted by Crippen LogP contribution is -2.40. The number of pyridine rings is 1. The van der Waals surface area contributed by atoms with Crippen LogP contribution >= 0.6 is 0 Å². The molecular formula is C25H31N3O3. The molecule has 1 saturated carbocycles. The van der Waals surface area contributed by atoms with Crippen molar-refractivity contribution in [2.24, 2.45) is 5.92 Å². The third-order valence-corrected chi connectivity index (χ3v) is 5.26. The lowest BCUT2D eigenvalue weighted by Gasteiger charge is -2.21. The summed E-state index contributed by atoms with van der Waals surface area (Å²) >= 11 is 0. The van der Waals surface area contributed by atoms with Crippen LogP contribution in [0.25, 0.3) is 0 Å². The molecule has 6 nitrogen and oxygen atoms in total. The number of rotatable bonds is 5. The SMILES string of the molecule is CN1CCNCC1.Cc1cc(OCC=O)cc(=O)n1Cc1ccc(C#CC2CC2)cc1. The van der Waals surface area contributed by atoms with Crippen molar-refractivity contribution in [1.82, 2.24) is 14.8 Å². The summed E-state index contributed by atoms with van der Waals surface area (Å²) in [4.78, 5) is 24.9. The zero-order valence-corrected chi connectivity index (χ0v) is 18.4. The molecule has 1 saturated heterocycles. The average Bonchev–Trinajstić information content (AvgIpc) is 3.60. The van der Waals surface area contributed by atoms with E-state index in [0.29, 0.717) is 24.5 Å². The van der Waals surface area contributed by atoms with Crippen molar-refractivity contribution in [2.75, 3.05) is 39.8 Å². The number of likely N-dealkylation sites (N-methyl/N-ethyl adjacent to an activating group) is 1. The molecule has 2 aromatic rings. The Kier molecular flexibility index (Phi) is 8.45. The summed E-state index contributed by atoms with van der Waals surface area (Å²) in [6, 6.07) is 11.2. The topological polar surface area (TPSA) is 63.6 Å². The summed E-state index contributed by atoms with van der Waals surface area (Å²) in [5.74, 6) is 7.43. The molecule has 1 aliphatic heterocycles. The molecule has 2 heterocycles. The van der Waals surface area contributed by atoms with Crippen LogP contribution in [0.4, 0.5) is 0 Å². The van der Waals surface area contributed by atoms with Crippen molar-refractivity contribution in [1.29, 1.82) is 0 Å². The second-order valence-corrected chi connectivity index (χ2v) is 8.03. The van der Waals surface area contributed by atoms with Gasteiger partial charge in [0, 0.05) is 49.4 Å². The van der Waals surface area contributed by atoms with Crippen LogP contribution in [-0.2, 0) is 11.3 Å². The van der Waals surface area contributed by atoms with Gasteiger partial charge < -0.3 is 19.5 Å². The minimum Gasteiger partial charge on any atom is -0.486 e. The first-order valence-electron chi connectivity index (χ1n) is 10.8. The molecule has 1 aromatic carbocycles. The van der Waals surface area contributed by atoms with E-state index >= 15 is 0 Å². The normalized spacial score (nSPS) is 15.8. The number of aryl methyl sites for hydroxylation is 1. The number of carbonyl (C=O) groups excluding carboxylic acids is 1. The summed E-state index contributed by atoms with van der Waals surface area (Å²) in [5.41, 5.74) is 2.69. The number of benzene rings is 1. The van der Waals surface area contributed by atoms with Gasteiger partial charge in [-0.3, -0.25) is 9.59 Å². The largest absolute Gasteiger partial charge is 0.486 e. The van der Waals surface area contributed by atoms with Crippen molar-refractivity contribution >= 4 is 6.29 Å². The van der Waals surface area contributed by atoms with Crippen molar-refractivity contribution < 1.29 is 9.53 Å². The second-order valence-electron chi connectivity index (χ2n) is 8.03. The molecule has 1 aromatic heterocycles. The van der Waals surface area contributed by atoms with Gasteiger partial charge in [0.2, 0.25) is 0 Å². The fourth-order valence-corrected chi connectivity index (χ4v) is 3.18. The number of ether oxygens (including phenoxy) is 1. The first kappa shape index (κ1) is 22.8. The highest BCUT2D eigenvalue weighted by Crippen LogP contribution is 2.27. The van der Waals surface area contributed by atoms with E-state index in [9.17, 15) is 9.59 Å². The highest BCUT2D eigenvalue weighted by atomic mass is 16.5. The van der Waals surface area contributed by atoms with E-state index in [1.807, 2.05) is 31.2 Å². The molecule has 2 aliphatic rings. The maximum Gasteiger partial charge on any atom is 0.254 e. The van der Waals surface area contributed by atoms with Gasteiger partial charge >= 0.3 is 0 Å². The molecule has 0 atom stereocenters. The number of carbonyl (C=O) groups is 1. The van der Waals surface area contributed by atoms with Gasteiger partial charge in [0.1, 0.15) is 12.4 Å². The van der Waals surface area contributed by atoms with E-state index in [0.717, 1.165) is 29.9 Å². The van der Waals surface area contributed by atoms with E-state index in [1.165, 1.54) is 32.0 Å². The van der Waals surface area contributed by atoms with Crippen LogP contribution in [0.1, 0.15) is 29.7 Å². The Balaban J connectivity index is 0.000000330. The molecule has 31 heavy (non-hydrogen) atoms. The number of hydrogen-bond acceptors (Lipinski definition) is 5. The minimum absolute atomic E-state index is 0.0494. The molecule has 0 amide bonds. The summed E-state index contributed by atoms with van der Waals surface area (Å²) in [5, 5.41) is 3.27. The predicted octanol–water partition coefficient (Wildman–Crippen LogP) is 2.07. The number of piperazine rings is 1. The Hall–Kier alpha value is -2.88. The fourth-order valence-electron chi connectivity index (χ4n) is 3.18. The highest BCUT2D eigenvalue weighted by Gasteiger charge is 2.17. The Morgan fingerprint density at radius 3 is 2.42 bits per heavy atom. The van der Waals surface area contributed by atoms with Gasteiger partial charge in [0.05, 0.1) is 6.54 Å². The van der Waals surface area contributed by atoms with Gasteiger partial charge in [0.15, 0.2) is 6.29 Å². The summed E-state index contributed by atoms with van der Waals surface area (Å²) < 4.78 is 6.87. The summed E-state index contributed by atoms with van der Waals surface area (Å²) in [6.07, 6.45) is 3.11. The van der Waals surface area contributed by atoms with Crippen molar-refractivity contribution in [3.63, 3.8) is 0 Å². The zero-order valence-electron chi connectivity index (χ0n) is 18.4. The predicted molar refractivity (Wildman–Crippen MR) is 123 cm³/mol. The lowest BCUT2D eigenvalue weighted by molar-refractivity contribution is -0.109. The van der Waals surface area contributed by atoms with Gasteiger partial charge in [-0.2, -0.15) is 0 Å². The van der Waals surface area contributed by atoms with Crippen LogP contribution in [0.15, 0.2) is 41.2 Å². The van der Waals surface area contributed by atoms with E-state index < -0.39 is 0 Å². The summed E-state index contributed by atoms with van der Waals surface area (Å²) in [7, 11) is 2.15. The van der Waals surface area contributed by atoms with Crippen LogP contribution < -0.4 is 15.6 Å². The van der Waals surface area contributed by atoms with Gasteiger partial charge in [-0.25, -0.2) is 0 Å². The zero-order chi connectivity index (χ0) is 22.1. The molecule has 0 bridgehead atoms. The van der Waals surface area contributed by atoms with Crippen molar-refractivity contribution in [3.8, 4) is 17.6 Å². The Morgan fingerprint density at radius 2 is 1.87 bits per heavy atom. The molecule has 164 valence electrons. The Morgan fingerprint density at radius 1 is 1.16 bits per heavy atom. The third-order valence-electron chi connectivity index (χ3n) is 5.26. The van der Waals surface area contributed by atoms with Gasteiger partial charge in [-0.1, -0.05) is 24.0 Å². The van der Waals surface area contributed by atoms with E-state index in [-0.39, 0.29) is 12.2 Å². The van der Waals surface area contributed by atoms with Crippen LogP contribution in [0.3, 0.4) is 0 Å². The molecule has 1 aliphatic carbocycles. The number of nitrogens with zero attached hydrogens (tertiary/aromatic N) is 2. The minimum atomic E-state index is -0.145. The maximum absolute atomic E-state index is 12.3. The molecule has 0 unspecified atom stereocenters. The van der Waals surface area contributed by atoms with Crippen LogP contribution in [-0.4, -0.2) is 55.6 Å². The molecule has 0 radical (unpaired) electrons. The fraction of sp³-hybridized carbons (Fsp3) is 0.440. The van der Waals surface area contributed by atoms with E-state index in [1.54, 1.807) is 10.6 Å². The molecule has 2 fully saturated rings. The number of nitrogens with one attached hydrogen (secondary N) is 1. The van der Waals surface area contributed by atoms with Crippen molar-refractivity contribution in [3.05, 3.63) is 63.6 Å². The standard InChI is InChI=1S/C20H19NO3.C5H12N2/c1-15-12-19(24-11-10-22)13-20(23)21(15)14-18-8-6-17(7-9-18)5-4-16-2-3-16;1-7-4-2-6-3-5-7/h6-10,12-13,16H,2-3,11,14H2,1H3;6H,2-5H2,1H3. The van der Waals surface area contributed by atoms with Crippen LogP contribution in [0.2, 0.25) is 0 Å². The Bertz CT molecular complexity index is 976. The Labute approximate surface area is 184 Å². The molecular weight excluding hydrogens is 390 g/mol. The van der Waals surface area contributed by atoms with Gasteiger partial charge in [0.25, 0.3) is 5.56 Å². The smallest absolute Gasteiger partial charge is 0.254 e. The molecule has 0 spiro atoms. The van der Waals surface area contributed by atoms with Crippen LogP contribution in [0.5, 0.6) is 5.75 Å². The van der Waals surface area contributed by atoms with Gasteiger partial charge in [-0.15, -0.1) is 0 Å². The molecule has 6 heteroatoms. The number of aldehydes is 1. The first-order valence-corrected chi connectivity index (χ1v) is 10.8. The molecule has 4 rings (SSSR count). The van der Waals surface area contributed by atoms with Crippen molar-refractivity contribution in [2.45, 2.75) is 26.3 Å². The number of hydrogen-bond donors (Lipinski definition) is 1. The quantitative estimate of drug-likeness (QED) is 0.592. The lowest BCUT2D eigenvalue weighted by atomic mass is 10.1. The summed E-state index contributed by atoms with van der Waals surface area (Å²) in [6.45, 7) is 7.04. The van der Waals surface area contributed by atoms with E-state index in [4.69, 9.17) is 4.74 Å². The monoisotopic (exact) mass is 421 g/mol. The third kappa shape index (κ3) is 7.71. The second kappa shape index (κ2) is 11.5. The van der Waals surface area contributed by atoms with Gasteiger partial charge in [-0.05, 0) is 50.6 Å². The first-order chi connectivity index (χ1) is 15.0. The van der Waals surface area contributed by atoms with Crippen LogP contribution in [0, 0.1) is 24.7 Å². The average molecular weight is 422 g/mol. The number of aromatic nitrogens is 1.